The molecule has 1 aromatic heterocycles. The fourth-order valence-corrected chi connectivity index (χ4v) is 5.52. The van der Waals surface area contributed by atoms with Crippen LogP contribution in [0.4, 0.5) is 10.2 Å². The summed E-state index contributed by atoms with van der Waals surface area (Å²) in [5.41, 5.74) is 1.11. The van der Waals surface area contributed by atoms with Gasteiger partial charge in [-0.2, -0.15) is 4.98 Å². The van der Waals surface area contributed by atoms with Crippen molar-refractivity contribution in [3.63, 3.8) is 0 Å². The molecule has 0 fully saturated rings. The van der Waals surface area contributed by atoms with Crippen molar-refractivity contribution < 1.29 is 9.13 Å². The number of ether oxygens (including phenoxy) is 1. The molecule has 0 atom stereocenters. The molecule has 25 heavy (non-hydrogen) atoms. The number of nitrogens with one attached hydrogen (secondary N) is 1. The van der Waals surface area contributed by atoms with Crippen LogP contribution in [0.2, 0.25) is 23.2 Å². The molecule has 1 aromatic carbocycles. The number of nitrogens with zero attached hydrogens (tertiary/aromatic N) is 2. The number of hydrogen-bond acceptors (Lipinski definition) is 4. The Bertz CT molecular complexity index is 672. The third kappa shape index (κ3) is 5.41. The van der Waals surface area contributed by atoms with Gasteiger partial charge in [0, 0.05) is 11.4 Å². The molecule has 0 aliphatic rings. The number of aromatic nitrogens is 2. The van der Waals surface area contributed by atoms with Crippen molar-refractivity contribution in [1.29, 1.82) is 0 Å². The summed E-state index contributed by atoms with van der Waals surface area (Å²) in [6.07, 6.45) is 1.88. The van der Waals surface area contributed by atoms with Gasteiger partial charge < -0.3 is 9.72 Å². The normalized spacial score (nSPS) is 11.4. The Hall–Kier alpha value is -1.66. The number of hydrogen-bond donors (Lipinski definition) is 1. The van der Waals surface area contributed by atoms with Crippen LogP contribution in [-0.4, -0.2) is 24.8 Å². The Balaban J connectivity index is 2.01. The highest BCUT2D eigenvalue weighted by atomic mass is 35.5. The molecule has 0 spiro atoms. The molecule has 1 N–H and O–H groups in total. The maximum atomic E-state index is 14.1. The second kappa shape index (κ2) is 9.15. The maximum Gasteiger partial charge on any atom is 0.318 e. The lowest BCUT2D eigenvalue weighted by atomic mass is 10.2. The van der Waals surface area contributed by atoms with Crippen LogP contribution in [-0.2, 0) is 6.42 Å². The molecule has 0 aliphatic heterocycles. The van der Waals surface area contributed by atoms with Crippen molar-refractivity contribution in [2.24, 2.45) is 0 Å². The van der Waals surface area contributed by atoms with Crippen LogP contribution in [0.15, 0.2) is 30.5 Å². The van der Waals surface area contributed by atoms with Gasteiger partial charge in [0.05, 0.1) is 12.8 Å². The van der Waals surface area contributed by atoms with Crippen molar-refractivity contribution >= 4 is 25.7 Å². The highest BCUT2D eigenvalue weighted by Gasteiger charge is 2.29. The predicted molar refractivity (Wildman–Crippen MR) is 103 cm³/mol. The standard InChI is InChI=1S/C18H25ClFN3OSi/c1-4-25(5-2,6-3)23-17-16(20)13-21-18(22-17)24-12-11-14-7-9-15(19)10-8-14/h7-10,13H,4-6,11-12H2,1-3H3,(H,21,22,23). The topological polar surface area (TPSA) is 47.0 Å². The lowest BCUT2D eigenvalue weighted by Crippen LogP contribution is -2.42. The average molecular weight is 382 g/mol. The first kappa shape index (κ1) is 19.7. The van der Waals surface area contributed by atoms with E-state index < -0.39 is 14.1 Å². The van der Waals surface area contributed by atoms with Gasteiger partial charge >= 0.3 is 6.01 Å². The van der Waals surface area contributed by atoms with E-state index in [4.69, 9.17) is 16.3 Å². The largest absolute Gasteiger partial charge is 0.463 e. The molecule has 0 amide bonds. The molecule has 0 bridgehead atoms. The van der Waals surface area contributed by atoms with Gasteiger partial charge in [-0.25, -0.2) is 9.37 Å². The van der Waals surface area contributed by atoms with Gasteiger partial charge in [0.25, 0.3) is 0 Å². The summed E-state index contributed by atoms with van der Waals surface area (Å²) in [4.78, 5) is 11.6. The molecular weight excluding hydrogens is 357 g/mol. The van der Waals surface area contributed by atoms with Crippen molar-refractivity contribution in [1.82, 2.24) is 9.97 Å². The Morgan fingerprint density at radius 3 is 2.36 bits per heavy atom. The highest BCUT2D eigenvalue weighted by molar-refractivity contribution is 6.82. The quantitative estimate of drug-likeness (QED) is 0.598. The molecule has 0 saturated heterocycles. The Kier molecular flexibility index (Phi) is 7.20. The summed E-state index contributed by atoms with van der Waals surface area (Å²) in [5, 5.41) is 0.706. The first-order valence-electron chi connectivity index (χ1n) is 8.70. The van der Waals surface area contributed by atoms with Gasteiger partial charge in [0.1, 0.15) is 0 Å². The van der Waals surface area contributed by atoms with Crippen LogP contribution in [0.25, 0.3) is 0 Å². The van der Waals surface area contributed by atoms with Gasteiger partial charge in [-0.1, -0.05) is 44.5 Å². The molecule has 0 saturated carbocycles. The van der Waals surface area contributed by atoms with Crippen molar-refractivity contribution in [3.05, 3.63) is 46.9 Å². The second-order valence-electron chi connectivity index (χ2n) is 6.04. The van der Waals surface area contributed by atoms with Crippen LogP contribution in [0.1, 0.15) is 26.3 Å². The minimum Gasteiger partial charge on any atom is -0.463 e. The summed E-state index contributed by atoms with van der Waals surface area (Å²) in [6.45, 7) is 6.86. The average Bonchev–Trinajstić information content (AvgIpc) is 2.64. The Morgan fingerprint density at radius 1 is 1.12 bits per heavy atom. The van der Waals surface area contributed by atoms with Crippen LogP contribution in [0, 0.1) is 5.82 Å². The summed E-state index contributed by atoms with van der Waals surface area (Å²) in [6, 6.07) is 10.9. The van der Waals surface area contributed by atoms with E-state index in [1.54, 1.807) is 0 Å². The fourth-order valence-electron chi connectivity index (χ4n) is 2.69. The monoisotopic (exact) mass is 381 g/mol. The third-order valence-electron chi connectivity index (χ3n) is 4.67. The Morgan fingerprint density at radius 2 is 1.76 bits per heavy atom. The van der Waals surface area contributed by atoms with E-state index in [9.17, 15) is 4.39 Å². The highest BCUT2D eigenvalue weighted by Crippen LogP contribution is 2.24. The second-order valence-corrected chi connectivity index (χ2v) is 11.4. The minimum absolute atomic E-state index is 0.198. The molecule has 0 unspecified atom stereocenters. The molecule has 7 heteroatoms. The van der Waals surface area contributed by atoms with Crippen molar-refractivity contribution in [2.45, 2.75) is 45.3 Å². The van der Waals surface area contributed by atoms with Crippen LogP contribution >= 0.6 is 11.6 Å². The SMILES string of the molecule is CC[Si](CC)(CC)Nc1nc(OCCc2ccc(Cl)cc2)ncc1F. The van der Waals surface area contributed by atoms with Crippen LogP contribution in [0.5, 0.6) is 6.01 Å². The predicted octanol–water partition coefficient (Wildman–Crippen LogP) is 5.31. The number of anilines is 1. The molecule has 2 rings (SSSR count). The first-order chi connectivity index (χ1) is 12.0. The molecule has 2 aromatic rings. The summed E-state index contributed by atoms with van der Waals surface area (Å²) < 4.78 is 19.7. The minimum atomic E-state index is -1.75. The van der Waals surface area contributed by atoms with Crippen LogP contribution < -0.4 is 9.72 Å². The van der Waals surface area contributed by atoms with E-state index in [-0.39, 0.29) is 11.8 Å². The lowest BCUT2D eigenvalue weighted by molar-refractivity contribution is 0.295. The smallest absolute Gasteiger partial charge is 0.318 e. The van der Waals surface area contributed by atoms with Gasteiger partial charge in [-0.3, -0.25) is 0 Å². The fraction of sp³-hybridized carbons (Fsp3) is 0.444. The van der Waals surface area contributed by atoms with Gasteiger partial charge in [-0.15, -0.1) is 0 Å². The molecule has 136 valence electrons. The van der Waals surface area contributed by atoms with E-state index in [2.05, 4.69) is 35.7 Å². The molecule has 1 heterocycles. The van der Waals surface area contributed by atoms with Gasteiger partial charge in [0.2, 0.25) is 0 Å². The zero-order valence-corrected chi connectivity index (χ0v) is 16.7. The van der Waals surface area contributed by atoms with Crippen molar-refractivity contribution in [3.8, 4) is 6.01 Å². The van der Waals surface area contributed by atoms with E-state index in [1.807, 2.05) is 24.3 Å². The zero-order valence-electron chi connectivity index (χ0n) is 15.0. The third-order valence-corrected chi connectivity index (χ3v) is 9.75. The molecular formula is C18H25ClFN3OSi. The maximum absolute atomic E-state index is 14.1. The van der Waals surface area contributed by atoms with E-state index >= 15 is 0 Å². The van der Waals surface area contributed by atoms with Gasteiger partial charge in [-0.05, 0) is 35.8 Å². The molecule has 0 aliphatic carbocycles. The summed E-state index contributed by atoms with van der Waals surface area (Å²) in [5.74, 6) is -0.175. The summed E-state index contributed by atoms with van der Waals surface area (Å²) >= 11 is 5.87. The number of halogens is 2. The van der Waals surface area contributed by atoms with E-state index in [0.29, 0.717) is 18.1 Å². The van der Waals surface area contributed by atoms with Crippen LogP contribution in [0.3, 0.4) is 0 Å². The zero-order chi connectivity index (χ0) is 18.3. The van der Waals surface area contributed by atoms with E-state index in [1.165, 1.54) is 6.20 Å². The first-order valence-corrected chi connectivity index (χ1v) is 11.7. The molecule has 0 radical (unpaired) electrons. The van der Waals surface area contributed by atoms with E-state index in [0.717, 1.165) is 23.7 Å². The number of rotatable bonds is 9. The lowest BCUT2D eigenvalue weighted by Gasteiger charge is -2.29. The van der Waals surface area contributed by atoms with Crippen molar-refractivity contribution in [2.75, 3.05) is 11.6 Å². The Labute approximate surface area is 154 Å². The molecule has 4 nitrogen and oxygen atoms in total. The van der Waals surface area contributed by atoms with Gasteiger partial charge in [0.15, 0.2) is 19.9 Å². The summed E-state index contributed by atoms with van der Waals surface area (Å²) in [7, 11) is -1.75. The number of benzene rings is 1.